The number of carbonyl (C=O) groups excluding carboxylic acids is 1. The second-order valence-electron chi connectivity index (χ2n) is 6.30. The van der Waals surface area contributed by atoms with Gasteiger partial charge in [0.25, 0.3) is 10.0 Å². The van der Waals surface area contributed by atoms with Crippen LogP contribution in [0, 0.1) is 6.92 Å². The summed E-state index contributed by atoms with van der Waals surface area (Å²) in [7, 11) is -3.73. The van der Waals surface area contributed by atoms with Crippen molar-refractivity contribution in [3.05, 3.63) is 52.5 Å². The Bertz CT molecular complexity index is 957. The molecule has 2 aromatic rings. The molecule has 0 unspecified atom stereocenters. The first kappa shape index (κ1) is 17.8. The van der Waals surface area contributed by atoms with Crippen molar-refractivity contribution in [1.82, 2.24) is 0 Å². The number of sulfonamides is 1. The molecule has 0 saturated carbocycles. The van der Waals surface area contributed by atoms with E-state index in [4.69, 9.17) is 11.6 Å². The van der Waals surface area contributed by atoms with Gasteiger partial charge in [0, 0.05) is 23.7 Å². The zero-order valence-electron chi connectivity index (χ0n) is 14.2. The number of hydrogen-bond acceptors (Lipinski definition) is 3. The minimum Gasteiger partial charge on any atom is -0.309 e. The number of carbonyl (C=O) groups is 1. The quantitative estimate of drug-likeness (QED) is 0.884. The molecule has 1 heterocycles. The van der Waals surface area contributed by atoms with Crippen LogP contribution in [-0.4, -0.2) is 20.4 Å². The average Bonchev–Trinajstić information content (AvgIpc) is 2.85. The van der Waals surface area contributed by atoms with Crippen molar-refractivity contribution >= 4 is 38.9 Å². The third-order valence-electron chi connectivity index (χ3n) is 4.34. The van der Waals surface area contributed by atoms with E-state index in [1.807, 2.05) is 13.8 Å². The van der Waals surface area contributed by atoms with E-state index in [9.17, 15) is 13.2 Å². The molecule has 1 aliphatic heterocycles. The van der Waals surface area contributed by atoms with Crippen LogP contribution in [0.3, 0.4) is 0 Å². The summed E-state index contributed by atoms with van der Waals surface area (Å²) in [5.74, 6) is -0.0470. The highest BCUT2D eigenvalue weighted by Gasteiger charge is 2.30. The molecule has 2 aromatic carbocycles. The van der Waals surface area contributed by atoms with Gasteiger partial charge in [-0.3, -0.25) is 9.52 Å². The molecule has 0 saturated heterocycles. The number of nitrogens with zero attached hydrogens (tertiary/aromatic N) is 1. The summed E-state index contributed by atoms with van der Waals surface area (Å²) in [6.07, 6.45) is 0.634. The molecule has 0 aliphatic carbocycles. The van der Waals surface area contributed by atoms with Crippen LogP contribution >= 0.6 is 11.6 Å². The highest BCUT2D eigenvalue weighted by molar-refractivity contribution is 7.92. The lowest BCUT2D eigenvalue weighted by Gasteiger charge is -2.20. The molecule has 7 heteroatoms. The van der Waals surface area contributed by atoms with Gasteiger partial charge in [-0.25, -0.2) is 8.42 Å². The van der Waals surface area contributed by atoms with Crippen LogP contribution in [0.25, 0.3) is 0 Å². The van der Waals surface area contributed by atoms with Crippen molar-refractivity contribution < 1.29 is 13.2 Å². The largest absolute Gasteiger partial charge is 0.309 e. The lowest BCUT2D eigenvalue weighted by molar-refractivity contribution is -0.116. The van der Waals surface area contributed by atoms with Crippen molar-refractivity contribution in [2.24, 2.45) is 0 Å². The van der Waals surface area contributed by atoms with Crippen LogP contribution in [0.15, 0.2) is 41.3 Å². The highest BCUT2D eigenvalue weighted by Crippen LogP contribution is 2.34. The Morgan fingerprint density at radius 1 is 1.24 bits per heavy atom. The zero-order valence-corrected chi connectivity index (χ0v) is 15.8. The lowest BCUT2D eigenvalue weighted by Crippen LogP contribution is -2.33. The number of rotatable bonds is 3. The van der Waals surface area contributed by atoms with Gasteiger partial charge in [-0.1, -0.05) is 17.7 Å². The van der Waals surface area contributed by atoms with Crippen LogP contribution in [0.1, 0.15) is 25.0 Å². The number of benzene rings is 2. The summed E-state index contributed by atoms with van der Waals surface area (Å²) >= 11 is 6.05. The fourth-order valence-corrected chi connectivity index (χ4v) is 4.41. The van der Waals surface area contributed by atoms with E-state index in [-0.39, 0.29) is 16.8 Å². The summed E-state index contributed by atoms with van der Waals surface area (Å²) in [5.41, 5.74) is 2.92. The summed E-state index contributed by atoms with van der Waals surface area (Å²) in [6, 6.07) is 9.88. The van der Waals surface area contributed by atoms with Crippen LogP contribution in [0.5, 0.6) is 0 Å². The highest BCUT2D eigenvalue weighted by atomic mass is 35.5. The van der Waals surface area contributed by atoms with Crippen LogP contribution < -0.4 is 9.62 Å². The maximum atomic E-state index is 12.7. The number of halogens is 1. The number of aryl methyl sites for hydroxylation is 1. The van der Waals surface area contributed by atoms with E-state index in [1.54, 1.807) is 35.2 Å². The molecule has 1 amide bonds. The normalized spacial score (nSPS) is 16.6. The SMILES string of the molecule is CC(=O)N1c2ccc(S(=O)(=O)Nc3ccc(C)c(Cl)c3)cc2C[C@H]1C. The van der Waals surface area contributed by atoms with E-state index in [1.165, 1.54) is 13.0 Å². The summed E-state index contributed by atoms with van der Waals surface area (Å²) in [5, 5.41) is 0.500. The predicted octanol–water partition coefficient (Wildman–Crippen LogP) is 3.75. The van der Waals surface area contributed by atoms with E-state index in [2.05, 4.69) is 4.72 Å². The first-order valence-corrected chi connectivity index (χ1v) is 9.77. The Morgan fingerprint density at radius 2 is 1.96 bits per heavy atom. The molecule has 132 valence electrons. The van der Waals surface area contributed by atoms with Crippen molar-refractivity contribution in [3.63, 3.8) is 0 Å². The Labute approximate surface area is 152 Å². The van der Waals surface area contributed by atoms with E-state index < -0.39 is 10.0 Å². The number of amides is 1. The fourth-order valence-electron chi connectivity index (χ4n) is 3.12. The van der Waals surface area contributed by atoms with Crippen LogP contribution in [0.2, 0.25) is 5.02 Å². The van der Waals surface area contributed by atoms with Crippen LogP contribution in [-0.2, 0) is 21.2 Å². The number of hydrogen-bond donors (Lipinski definition) is 1. The Morgan fingerprint density at radius 3 is 2.60 bits per heavy atom. The first-order valence-electron chi connectivity index (χ1n) is 7.91. The molecule has 3 rings (SSSR count). The van der Waals surface area contributed by atoms with E-state index in [0.29, 0.717) is 17.1 Å². The van der Waals surface area contributed by atoms with Crippen molar-refractivity contribution in [1.29, 1.82) is 0 Å². The molecule has 1 aliphatic rings. The Hall–Kier alpha value is -2.05. The molecule has 1 atom stereocenters. The number of fused-ring (bicyclic) bond motifs is 1. The number of anilines is 2. The van der Waals surface area contributed by atoms with Gasteiger partial charge in [0.1, 0.15) is 0 Å². The zero-order chi connectivity index (χ0) is 18.4. The summed E-state index contributed by atoms with van der Waals surface area (Å²) in [4.78, 5) is 13.6. The minimum atomic E-state index is -3.73. The molecular formula is C18H19ClN2O3S. The van der Waals surface area contributed by atoms with E-state index in [0.717, 1.165) is 16.8 Å². The van der Waals surface area contributed by atoms with Gasteiger partial charge in [-0.05, 0) is 61.7 Å². The maximum absolute atomic E-state index is 12.7. The molecule has 0 bridgehead atoms. The maximum Gasteiger partial charge on any atom is 0.261 e. The van der Waals surface area contributed by atoms with Crippen LogP contribution in [0.4, 0.5) is 11.4 Å². The second kappa shape index (κ2) is 6.35. The molecule has 25 heavy (non-hydrogen) atoms. The van der Waals surface area contributed by atoms with E-state index >= 15 is 0 Å². The minimum absolute atomic E-state index is 0.0225. The van der Waals surface area contributed by atoms with Gasteiger partial charge in [-0.2, -0.15) is 0 Å². The monoisotopic (exact) mass is 378 g/mol. The van der Waals surface area contributed by atoms with Gasteiger partial charge in [-0.15, -0.1) is 0 Å². The Balaban J connectivity index is 1.93. The van der Waals surface area contributed by atoms with Crippen molar-refractivity contribution in [2.45, 2.75) is 38.1 Å². The molecule has 0 fully saturated rings. The molecule has 0 spiro atoms. The third-order valence-corrected chi connectivity index (χ3v) is 6.13. The standard InChI is InChI=1S/C18H19ClN2O3S/c1-11-4-5-15(10-17(11)19)20-25(23,24)16-6-7-18-14(9-16)8-12(2)21(18)13(3)22/h4-7,9-10,12,20H,8H2,1-3H3/t12-/m1/s1. The molecule has 1 N–H and O–H groups in total. The number of nitrogens with one attached hydrogen (secondary N) is 1. The van der Waals surface area contributed by atoms with Crippen molar-refractivity contribution in [2.75, 3.05) is 9.62 Å². The topological polar surface area (TPSA) is 66.5 Å². The average molecular weight is 379 g/mol. The van der Waals surface area contributed by atoms with Gasteiger partial charge in [0.2, 0.25) is 5.91 Å². The fraction of sp³-hybridized carbons (Fsp3) is 0.278. The van der Waals surface area contributed by atoms with Gasteiger partial charge < -0.3 is 4.90 Å². The summed E-state index contributed by atoms with van der Waals surface area (Å²) < 4.78 is 27.9. The van der Waals surface area contributed by atoms with Gasteiger partial charge in [0.05, 0.1) is 10.6 Å². The Kier molecular flexibility index (Phi) is 4.51. The molecule has 0 radical (unpaired) electrons. The molecule has 5 nitrogen and oxygen atoms in total. The summed E-state index contributed by atoms with van der Waals surface area (Å²) in [6.45, 7) is 5.31. The predicted molar refractivity (Wildman–Crippen MR) is 99.8 cm³/mol. The third kappa shape index (κ3) is 3.37. The second-order valence-corrected chi connectivity index (χ2v) is 8.39. The van der Waals surface area contributed by atoms with Gasteiger partial charge in [0.15, 0.2) is 0 Å². The molecular weight excluding hydrogens is 360 g/mol. The van der Waals surface area contributed by atoms with Gasteiger partial charge >= 0.3 is 0 Å². The lowest BCUT2D eigenvalue weighted by atomic mass is 10.1. The molecule has 0 aromatic heterocycles. The first-order chi connectivity index (χ1) is 11.7. The smallest absolute Gasteiger partial charge is 0.261 e. The van der Waals surface area contributed by atoms with Crippen molar-refractivity contribution in [3.8, 4) is 0 Å².